The highest BCUT2D eigenvalue weighted by Gasteiger charge is 2.75. The summed E-state index contributed by atoms with van der Waals surface area (Å²) in [4.78, 5) is 61.6. The zero-order valence-corrected chi connectivity index (χ0v) is 31.9. The lowest BCUT2D eigenvalue weighted by molar-refractivity contribution is -0.161. The second-order valence-electron chi connectivity index (χ2n) is 14.7. The average molecular weight is 805 g/mol. The first-order chi connectivity index (χ1) is 26.7. The number of anilines is 1. The molecule has 2 fully saturated rings. The number of amides is 3. The second kappa shape index (κ2) is 15.2. The van der Waals surface area contributed by atoms with Gasteiger partial charge in [0.25, 0.3) is 5.91 Å². The molecule has 4 heterocycles. The van der Waals surface area contributed by atoms with Crippen molar-refractivity contribution in [3.05, 3.63) is 137 Å². The minimum Gasteiger partial charge on any atom is -0.455 e. The Morgan fingerprint density at radius 1 is 0.873 bits per heavy atom. The van der Waals surface area contributed by atoms with Crippen LogP contribution in [0.25, 0.3) is 10.8 Å². The van der Waals surface area contributed by atoms with Gasteiger partial charge >= 0.3 is 5.97 Å². The molecule has 0 unspecified atom stereocenters. The maximum Gasteiger partial charge on any atom is 0.313 e. The van der Waals surface area contributed by atoms with Crippen LogP contribution >= 0.6 is 15.9 Å². The molecule has 0 aromatic heterocycles. The van der Waals surface area contributed by atoms with Crippen molar-refractivity contribution in [2.75, 3.05) is 18.1 Å². The molecule has 1 spiro atoms. The predicted octanol–water partition coefficient (Wildman–Crippen LogP) is 5.79. The van der Waals surface area contributed by atoms with Gasteiger partial charge in [-0.05, 0) is 59.9 Å². The maximum atomic E-state index is 15.5. The van der Waals surface area contributed by atoms with E-state index in [4.69, 9.17) is 9.47 Å². The van der Waals surface area contributed by atoms with Crippen LogP contribution in [0, 0.1) is 11.8 Å². The normalized spacial score (nSPS) is 29.5. The molecule has 55 heavy (non-hydrogen) atoms. The van der Waals surface area contributed by atoms with Crippen molar-refractivity contribution in [1.29, 1.82) is 0 Å². The quantitative estimate of drug-likeness (QED) is 0.187. The Kier molecular flexibility index (Phi) is 10.2. The van der Waals surface area contributed by atoms with E-state index in [9.17, 15) is 14.7 Å². The summed E-state index contributed by atoms with van der Waals surface area (Å²) in [6.45, 7) is 1.49. The first-order valence-corrected chi connectivity index (χ1v) is 19.5. The summed E-state index contributed by atoms with van der Waals surface area (Å²) in [7, 11) is 0. The van der Waals surface area contributed by atoms with E-state index < -0.39 is 72.2 Å². The standard InChI is InChI=1S/C44H42BrN3O7/c1-27-38(30-16-7-3-8-17-30)54-43(53)36-37-41(51)48(33(26-49)23-28-13-5-2-6-14-28)40(44(37)25-34(45)39(36)55-44)42(52)47(22-12-4-9-19-35(50)46-27)32-21-20-29-15-10-11-18-31(29)24-32/h2-8,10-18,20-21,24-25,27,33,36-40,49H,9,19,22-23,26H2,1H3,(H,46,50)/b12-4-/t27-,33-,36+,37-,38+,39+,40+,44-/m1/s1. The van der Waals surface area contributed by atoms with Crippen LogP contribution in [-0.2, 0) is 35.1 Å². The highest BCUT2D eigenvalue weighted by molar-refractivity contribution is 9.11. The fourth-order valence-corrected chi connectivity index (χ4v) is 9.51. The fourth-order valence-electron chi connectivity index (χ4n) is 8.77. The number of allylic oxidation sites excluding steroid dienone is 1. The molecule has 5 bridgehead atoms. The number of nitrogens with one attached hydrogen (secondary N) is 1. The van der Waals surface area contributed by atoms with Crippen LogP contribution in [0.3, 0.4) is 0 Å². The van der Waals surface area contributed by atoms with Crippen molar-refractivity contribution in [3.8, 4) is 0 Å². The third kappa shape index (κ3) is 6.68. The van der Waals surface area contributed by atoms with Crippen LogP contribution in [0.15, 0.2) is 126 Å². The molecule has 0 aliphatic carbocycles. The van der Waals surface area contributed by atoms with Gasteiger partial charge in [0.2, 0.25) is 11.8 Å². The lowest BCUT2D eigenvalue weighted by atomic mass is 9.74. The van der Waals surface area contributed by atoms with Crippen LogP contribution in [0.1, 0.15) is 37.0 Å². The number of carbonyl (C=O) groups is 4. The lowest BCUT2D eigenvalue weighted by Crippen LogP contribution is -2.59. The highest BCUT2D eigenvalue weighted by Crippen LogP contribution is 2.59. The molecule has 10 nitrogen and oxygen atoms in total. The van der Waals surface area contributed by atoms with Gasteiger partial charge in [0.1, 0.15) is 29.8 Å². The topological polar surface area (TPSA) is 125 Å². The summed E-state index contributed by atoms with van der Waals surface area (Å²) in [6.07, 6.45) is 4.57. The molecule has 2 N–H and O–H groups in total. The lowest BCUT2D eigenvalue weighted by Gasteiger charge is -2.39. The molecule has 8 rings (SSSR count). The van der Waals surface area contributed by atoms with Crippen molar-refractivity contribution in [1.82, 2.24) is 10.2 Å². The highest BCUT2D eigenvalue weighted by atomic mass is 79.9. The van der Waals surface area contributed by atoms with Gasteiger partial charge in [0.05, 0.1) is 24.6 Å². The number of carbonyl (C=O) groups excluding carboxylic acids is 4. The Hall–Kier alpha value is -5.10. The summed E-state index contributed by atoms with van der Waals surface area (Å²) < 4.78 is 13.6. The summed E-state index contributed by atoms with van der Waals surface area (Å²) in [5, 5.41) is 15.9. The smallest absolute Gasteiger partial charge is 0.313 e. The number of cyclic esters (lactones) is 1. The van der Waals surface area contributed by atoms with Gasteiger partial charge in [-0.15, -0.1) is 0 Å². The van der Waals surface area contributed by atoms with E-state index in [1.165, 1.54) is 4.90 Å². The molecular formula is C44H42BrN3O7. The third-order valence-corrected chi connectivity index (χ3v) is 12.0. The SMILES string of the molecule is C[C@H]1NC(=O)CC/C=C\CN(c2ccc3ccccc3c2)C(=O)[C@@H]2N([C@@H](CO)Cc3ccccc3)C(=O)[C@H]3[C@H](C(=O)O[C@@H]1c1ccccc1)[C@H]1O[C@@]23C=C1Br. The zero-order valence-electron chi connectivity index (χ0n) is 30.3. The van der Waals surface area contributed by atoms with Crippen molar-refractivity contribution >= 4 is 56.1 Å². The number of likely N-dealkylation sites (tertiary alicyclic amines) is 1. The molecule has 11 heteroatoms. The summed E-state index contributed by atoms with van der Waals surface area (Å²) >= 11 is 3.65. The number of hydrogen-bond acceptors (Lipinski definition) is 7. The van der Waals surface area contributed by atoms with Gasteiger partial charge in [-0.3, -0.25) is 19.2 Å². The van der Waals surface area contributed by atoms with Gasteiger partial charge in [-0.2, -0.15) is 0 Å². The van der Waals surface area contributed by atoms with E-state index in [1.807, 2.05) is 115 Å². The first-order valence-electron chi connectivity index (χ1n) is 18.7. The van der Waals surface area contributed by atoms with Crippen molar-refractivity contribution in [2.45, 2.75) is 62.1 Å². The minimum atomic E-state index is -1.56. The molecule has 0 radical (unpaired) electrons. The Labute approximate surface area is 327 Å². The molecule has 282 valence electrons. The Balaban J connectivity index is 1.27. The third-order valence-electron chi connectivity index (χ3n) is 11.3. The number of fused-ring (bicyclic) bond motifs is 3. The maximum absolute atomic E-state index is 15.5. The minimum absolute atomic E-state index is 0.132. The number of aliphatic hydroxyl groups excluding tert-OH is 1. The number of rotatable bonds is 6. The number of hydrogen-bond donors (Lipinski definition) is 2. The van der Waals surface area contributed by atoms with E-state index in [0.717, 1.165) is 16.3 Å². The molecule has 2 saturated heterocycles. The number of nitrogens with zero attached hydrogens (tertiary/aromatic N) is 2. The predicted molar refractivity (Wildman–Crippen MR) is 211 cm³/mol. The van der Waals surface area contributed by atoms with Crippen molar-refractivity contribution < 1.29 is 33.8 Å². The van der Waals surface area contributed by atoms with Crippen LogP contribution in [-0.4, -0.2) is 76.7 Å². The number of benzene rings is 4. The number of ether oxygens (including phenoxy) is 2. The van der Waals surface area contributed by atoms with Gasteiger partial charge < -0.3 is 29.7 Å². The van der Waals surface area contributed by atoms with E-state index in [2.05, 4.69) is 21.2 Å². The monoisotopic (exact) mass is 803 g/mol. The molecule has 4 aromatic rings. The van der Waals surface area contributed by atoms with Gasteiger partial charge in [-0.25, -0.2) is 0 Å². The van der Waals surface area contributed by atoms with E-state index in [0.29, 0.717) is 22.2 Å². The van der Waals surface area contributed by atoms with Gasteiger partial charge in [0, 0.05) is 23.1 Å². The Morgan fingerprint density at radius 2 is 1.58 bits per heavy atom. The van der Waals surface area contributed by atoms with E-state index in [-0.39, 0.29) is 25.3 Å². The summed E-state index contributed by atoms with van der Waals surface area (Å²) in [5.74, 6) is -4.04. The summed E-state index contributed by atoms with van der Waals surface area (Å²) in [5.41, 5.74) is 0.598. The average Bonchev–Trinajstić information content (AvgIpc) is 3.80. The zero-order chi connectivity index (χ0) is 38.3. The molecule has 4 aromatic carbocycles. The fraction of sp³-hybridized carbons (Fsp3) is 0.318. The molecular weight excluding hydrogens is 762 g/mol. The molecule has 8 atom stereocenters. The van der Waals surface area contributed by atoms with Crippen LogP contribution in [0.5, 0.6) is 0 Å². The van der Waals surface area contributed by atoms with Crippen LogP contribution in [0.2, 0.25) is 0 Å². The first kappa shape index (κ1) is 36.9. The van der Waals surface area contributed by atoms with E-state index in [1.54, 1.807) is 17.9 Å². The van der Waals surface area contributed by atoms with Gasteiger partial charge in [-0.1, -0.05) is 119 Å². The molecule has 4 aliphatic heterocycles. The number of esters is 1. The summed E-state index contributed by atoms with van der Waals surface area (Å²) in [6, 6.07) is 29.6. The number of halogens is 1. The van der Waals surface area contributed by atoms with Gasteiger partial charge in [0.15, 0.2) is 0 Å². The van der Waals surface area contributed by atoms with Crippen LogP contribution < -0.4 is 10.2 Å². The molecule has 3 amide bonds. The van der Waals surface area contributed by atoms with Crippen LogP contribution in [0.4, 0.5) is 5.69 Å². The molecule has 0 saturated carbocycles. The Morgan fingerprint density at radius 3 is 2.33 bits per heavy atom. The van der Waals surface area contributed by atoms with E-state index >= 15 is 9.59 Å². The molecule has 4 aliphatic rings. The second-order valence-corrected chi connectivity index (χ2v) is 15.6. The van der Waals surface area contributed by atoms with Crippen molar-refractivity contribution in [2.24, 2.45) is 11.8 Å². The van der Waals surface area contributed by atoms with Crippen molar-refractivity contribution in [3.63, 3.8) is 0 Å². The Bertz CT molecular complexity index is 2180. The largest absolute Gasteiger partial charge is 0.455 e. The number of aliphatic hydroxyl groups is 1.